The van der Waals surface area contributed by atoms with Crippen molar-refractivity contribution in [1.29, 1.82) is 0 Å². The van der Waals surface area contributed by atoms with E-state index in [9.17, 15) is 9.59 Å². The van der Waals surface area contributed by atoms with Gasteiger partial charge < -0.3 is 0 Å². The Bertz CT molecular complexity index is 764. The summed E-state index contributed by atoms with van der Waals surface area (Å²) in [6.07, 6.45) is 0. The van der Waals surface area contributed by atoms with E-state index in [0.29, 0.717) is 11.3 Å². The molecule has 0 unspecified atom stereocenters. The van der Waals surface area contributed by atoms with Gasteiger partial charge in [0, 0.05) is 18.3 Å². The highest BCUT2D eigenvalue weighted by Gasteiger charge is 2.22. The van der Waals surface area contributed by atoms with Crippen LogP contribution in [0, 0.1) is 34.6 Å². The Morgan fingerprint density at radius 3 is 2.15 bits per heavy atom. The summed E-state index contributed by atoms with van der Waals surface area (Å²) in [5.41, 5.74) is 5.50. The zero-order valence-electron chi connectivity index (χ0n) is 12.8. The molecular formula is C16H20N2O2. The van der Waals surface area contributed by atoms with Gasteiger partial charge in [-0.3, -0.25) is 19.4 Å². The molecule has 1 heterocycles. The number of nitrogens with one attached hydrogen (secondary N) is 1. The molecule has 0 fully saturated rings. The first-order chi connectivity index (χ1) is 9.25. The predicted molar refractivity (Wildman–Crippen MR) is 79.6 cm³/mol. The van der Waals surface area contributed by atoms with Gasteiger partial charge in [0.25, 0.3) is 5.56 Å². The van der Waals surface area contributed by atoms with Crippen LogP contribution in [0.2, 0.25) is 0 Å². The lowest BCUT2D eigenvalue weighted by Crippen LogP contribution is -2.20. The van der Waals surface area contributed by atoms with Crippen molar-refractivity contribution in [2.24, 2.45) is 7.05 Å². The van der Waals surface area contributed by atoms with Crippen molar-refractivity contribution in [3.8, 4) is 0 Å². The van der Waals surface area contributed by atoms with Crippen LogP contribution in [0.25, 0.3) is 0 Å². The largest absolute Gasteiger partial charge is 0.299 e. The maximum Gasteiger partial charge on any atom is 0.277 e. The Morgan fingerprint density at radius 2 is 1.65 bits per heavy atom. The summed E-state index contributed by atoms with van der Waals surface area (Å²) in [6.45, 7) is 9.73. The molecule has 2 rings (SSSR count). The van der Waals surface area contributed by atoms with Crippen molar-refractivity contribution in [2.75, 3.05) is 0 Å². The Balaban J connectivity index is 2.69. The second-order valence-corrected chi connectivity index (χ2v) is 5.42. The summed E-state index contributed by atoms with van der Waals surface area (Å²) in [7, 11) is 1.62. The molecule has 0 aliphatic carbocycles. The number of nitrogens with zero attached hydrogens (tertiary/aromatic N) is 1. The molecule has 0 spiro atoms. The molecule has 0 bridgehead atoms. The van der Waals surface area contributed by atoms with Crippen LogP contribution < -0.4 is 5.56 Å². The molecule has 0 radical (unpaired) electrons. The Hall–Kier alpha value is -2.10. The van der Waals surface area contributed by atoms with E-state index in [4.69, 9.17) is 0 Å². The van der Waals surface area contributed by atoms with E-state index in [1.54, 1.807) is 14.0 Å². The molecule has 4 heteroatoms. The summed E-state index contributed by atoms with van der Waals surface area (Å²) in [4.78, 5) is 24.8. The van der Waals surface area contributed by atoms with Gasteiger partial charge in [0.2, 0.25) is 5.78 Å². The van der Waals surface area contributed by atoms with Gasteiger partial charge in [0.05, 0.1) is 0 Å². The van der Waals surface area contributed by atoms with Crippen LogP contribution in [0.5, 0.6) is 0 Å². The van der Waals surface area contributed by atoms with E-state index in [1.807, 2.05) is 33.8 Å². The van der Waals surface area contributed by atoms with E-state index >= 15 is 0 Å². The quantitative estimate of drug-likeness (QED) is 0.854. The minimum atomic E-state index is -0.275. The summed E-state index contributed by atoms with van der Waals surface area (Å²) in [5.74, 6) is -0.201. The van der Waals surface area contributed by atoms with E-state index in [2.05, 4.69) is 5.10 Å². The molecule has 0 aliphatic rings. The number of hydrogen-bond donors (Lipinski definition) is 1. The van der Waals surface area contributed by atoms with Gasteiger partial charge in [-0.05, 0) is 62.9 Å². The number of rotatable bonds is 2. The molecule has 4 nitrogen and oxygen atoms in total. The van der Waals surface area contributed by atoms with Gasteiger partial charge in [0.15, 0.2) is 0 Å². The molecular weight excluding hydrogens is 252 g/mol. The molecule has 20 heavy (non-hydrogen) atoms. The number of carbonyl (C=O) groups is 1. The fourth-order valence-corrected chi connectivity index (χ4v) is 2.54. The van der Waals surface area contributed by atoms with Crippen LogP contribution in [0.1, 0.15) is 43.9 Å². The highest BCUT2D eigenvalue weighted by atomic mass is 16.2. The highest BCUT2D eigenvalue weighted by molar-refractivity contribution is 6.10. The minimum absolute atomic E-state index is 0.201. The molecule has 2 aromatic rings. The van der Waals surface area contributed by atoms with E-state index in [-0.39, 0.29) is 16.9 Å². The number of aromatic nitrogens is 2. The van der Waals surface area contributed by atoms with Gasteiger partial charge in [-0.1, -0.05) is 0 Å². The van der Waals surface area contributed by atoms with Crippen LogP contribution in [0.15, 0.2) is 10.9 Å². The van der Waals surface area contributed by atoms with Crippen molar-refractivity contribution in [1.82, 2.24) is 9.78 Å². The topological polar surface area (TPSA) is 54.9 Å². The lowest BCUT2D eigenvalue weighted by atomic mass is 9.91. The molecule has 0 atom stereocenters. The fraction of sp³-hybridized carbons (Fsp3) is 0.375. The van der Waals surface area contributed by atoms with Crippen LogP contribution in [-0.2, 0) is 7.05 Å². The molecule has 0 saturated heterocycles. The predicted octanol–water partition coefficient (Wildman–Crippen LogP) is 2.49. The third-order valence-corrected chi connectivity index (χ3v) is 4.18. The Kier molecular flexibility index (Phi) is 3.42. The number of carbonyl (C=O) groups excluding carboxylic acids is 1. The molecule has 0 saturated carbocycles. The van der Waals surface area contributed by atoms with E-state index < -0.39 is 0 Å². The Morgan fingerprint density at radius 1 is 1.05 bits per heavy atom. The summed E-state index contributed by atoms with van der Waals surface area (Å²) in [5, 5.41) is 2.87. The third kappa shape index (κ3) is 2.01. The zero-order valence-corrected chi connectivity index (χ0v) is 12.8. The minimum Gasteiger partial charge on any atom is -0.299 e. The summed E-state index contributed by atoms with van der Waals surface area (Å²) >= 11 is 0. The van der Waals surface area contributed by atoms with Crippen molar-refractivity contribution >= 4 is 5.78 Å². The average molecular weight is 272 g/mol. The van der Waals surface area contributed by atoms with Crippen LogP contribution in [-0.4, -0.2) is 15.6 Å². The van der Waals surface area contributed by atoms with Crippen molar-refractivity contribution in [3.05, 3.63) is 55.5 Å². The first-order valence-electron chi connectivity index (χ1n) is 6.63. The number of benzene rings is 1. The molecule has 106 valence electrons. The summed E-state index contributed by atoms with van der Waals surface area (Å²) < 4.78 is 1.34. The summed E-state index contributed by atoms with van der Waals surface area (Å²) in [6, 6.07) is 1.88. The number of ketones is 1. The third-order valence-electron chi connectivity index (χ3n) is 4.18. The smallest absolute Gasteiger partial charge is 0.277 e. The van der Waals surface area contributed by atoms with E-state index in [1.165, 1.54) is 10.2 Å². The number of H-pyrrole nitrogens is 1. The van der Waals surface area contributed by atoms with Crippen molar-refractivity contribution in [2.45, 2.75) is 34.6 Å². The van der Waals surface area contributed by atoms with Crippen molar-refractivity contribution < 1.29 is 4.79 Å². The highest BCUT2D eigenvalue weighted by Crippen LogP contribution is 2.23. The van der Waals surface area contributed by atoms with Gasteiger partial charge in [-0.25, -0.2) is 0 Å². The monoisotopic (exact) mass is 272 g/mol. The first-order valence-corrected chi connectivity index (χ1v) is 6.63. The number of aryl methyl sites for hydroxylation is 3. The molecule has 0 aliphatic heterocycles. The van der Waals surface area contributed by atoms with Gasteiger partial charge >= 0.3 is 0 Å². The van der Waals surface area contributed by atoms with Gasteiger partial charge in [-0.15, -0.1) is 0 Å². The molecule has 0 amide bonds. The standard InChI is InChI=1S/C16H20N2O2/c1-8-7-13(11(4)10(3)9(8)2)15(19)14-12(5)17-18(6)16(14)20/h7,17H,1-6H3. The maximum absolute atomic E-state index is 12.7. The van der Waals surface area contributed by atoms with Crippen LogP contribution in [0.3, 0.4) is 0 Å². The molecule has 1 aromatic carbocycles. The lowest BCUT2D eigenvalue weighted by Gasteiger charge is -2.13. The van der Waals surface area contributed by atoms with Crippen LogP contribution in [0.4, 0.5) is 0 Å². The van der Waals surface area contributed by atoms with Crippen LogP contribution >= 0.6 is 0 Å². The first kappa shape index (κ1) is 14.3. The zero-order chi connectivity index (χ0) is 15.2. The molecule has 1 N–H and O–H groups in total. The number of aromatic amines is 1. The second-order valence-electron chi connectivity index (χ2n) is 5.42. The molecule has 1 aromatic heterocycles. The van der Waals surface area contributed by atoms with Gasteiger partial charge in [0.1, 0.15) is 5.56 Å². The lowest BCUT2D eigenvalue weighted by molar-refractivity contribution is 0.103. The van der Waals surface area contributed by atoms with Gasteiger partial charge in [-0.2, -0.15) is 0 Å². The maximum atomic E-state index is 12.7. The Labute approximate surface area is 118 Å². The fourth-order valence-electron chi connectivity index (χ4n) is 2.54. The van der Waals surface area contributed by atoms with E-state index in [0.717, 1.165) is 16.7 Å². The normalized spacial score (nSPS) is 10.9. The SMILES string of the molecule is Cc1cc(C(=O)c2c(C)[nH]n(C)c2=O)c(C)c(C)c1C. The van der Waals surface area contributed by atoms with Crippen molar-refractivity contribution in [3.63, 3.8) is 0 Å². The number of hydrogen-bond acceptors (Lipinski definition) is 2. The second kappa shape index (κ2) is 4.78. The average Bonchev–Trinajstić information content (AvgIpc) is 2.64.